The van der Waals surface area contributed by atoms with E-state index in [1.807, 2.05) is 20.8 Å². The third-order valence-electron chi connectivity index (χ3n) is 2.61. The van der Waals surface area contributed by atoms with Crippen LogP contribution in [-0.2, 0) is 9.53 Å². The van der Waals surface area contributed by atoms with Gasteiger partial charge in [-0.15, -0.1) is 0 Å². The molecule has 0 saturated heterocycles. The van der Waals surface area contributed by atoms with E-state index in [4.69, 9.17) is 9.84 Å². The number of nitrogens with zero attached hydrogens (tertiary/aromatic N) is 1. The Bertz CT molecular complexity index is 269. The Morgan fingerprint density at radius 2 is 1.94 bits per heavy atom. The Morgan fingerprint density at radius 3 is 2.33 bits per heavy atom. The summed E-state index contributed by atoms with van der Waals surface area (Å²) >= 11 is 0. The smallest absolute Gasteiger partial charge is 0.323 e. The van der Waals surface area contributed by atoms with E-state index in [0.717, 1.165) is 0 Å². The molecule has 1 atom stereocenters. The number of hydrogen-bond acceptors (Lipinski definition) is 3. The number of carbonyl (C=O) groups excluding carboxylic acids is 1. The number of urea groups is 1. The first-order valence-corrected chi connectivity index (χ1v) is 6.27. The molecule has 6 heteroatoms. The molecule has 18 heavy (non-hydrogen) atoms. The zero-order valence-electron chi connectivity index (χ0n) is 11.6. The molecule has 6 nitrogen and oxygen atoms in total. The minimum atomic E-state index is -1.02. The summed E-state index contributed by atoms with van der Waals surface area (Å²) in [5.41, 5.74) is 0. The van der Waals surface area contributed by atoms with E-state index in [2.05, 4.69) is 5.32 Å². The third-order valence-corrected chi connectivity index (χ3v) is 2.61. The number of hydrogen-bond donors (Lipinski definition) is 2. The van der Waals surface area contributed by atoms with Gasteiger partial charge in [0, 0.05) is 13.2 Å². The molecule has 0 saturated carbocycles. The van der Waals surface area contributed by atoms with Gasteiger partial charge < -0.3 is 20.1 Å². The summed E-state index contributed by atoms with van der Waals surface area (Å²) in [7, 11) is 0. The van der Waals surface area contributed by atoms with Crippen LogP contribution in [0.4, 0.5) is 4.79 Å². The molecule has 0 rings (SSSR count). The van der Waals surface area contributed by atoms with Crippen molar-refractivity contribution in [1.29, 1.82) is 0 Å². The van der Waals surface area contributed by atoms with E-state index in [9.17, 15) is 9.59 Å². The van der Waals surface area contributed by atoms with Crippen LogP contribution < -0.4 is 5.32 Å². The lowest BCUT2D eigenvalue weighted by atomic mass is 10.1. The average molecular weight is 260 g/mol. The molecule has 0 fully saturated rings. The van der Waals surface area contributed by atoms with Crippen LogP contribution in [-0.4, -0.2) is 54.4 Å². The summed E-state index contributed by atoms with van der Waals surface area (Å²) in [6.07, 6.45) is 0. The van der Waals surface area contributed by atoms with Crippen molar-refractivity contribution in [1.82, 2.24) is 10.2 Å². The molecular formula is C12H24N2O4. The van der Waals surface area contributed by atoms with E-state index in [1.54, 1.807) is 6.92 Å². The molecule has 0 aliphatic carbocycles. The van der Waals surface area contributed by atoms with Crippen molar-refractivity contribution in [2.45, 2.75) is 33.7 Å². The highest BCUT2D eigenvalue weighted by atomic mass is 16.5. The van der Waals surface area contributed by atoms with E-state index in [0.29, 0.717) is 19.8 Å². The molecular weight excluding hydrogens is 236 g/mol. The fraction of sp³-hybridized carbons (Fsp3) is 0.833. The van der Waals surface area contributed by atoms with Gasteiger partial charge in [0.2, 0.25) is 0 Å². The van der Waals surface area contributed by atoms with Gasteiger partial charge in [-0.2, -0.15) is 0 Å². The molecule has 1 unspecified atom stereocenters. The Balaban J connectivity index is 4.41. The van der Waals surface area contributed by atoms with Gasteiger partial charge >= 0.3 is 12.0 Å². The van der Waals surface area contributed by atoms with Crippen LogP contribution in [0.15, 0.2) is 0 Å². The number of carboxylic acids is 1. The van der Waals surface area contributed by atoms with Gasteiger partial charge in [0.25, 0.3) is 0 Å². The summed E-state index contributed by atoms with van der Waals surface area (Å²) in [4.78, 5) is 23.8. The van der Waals surface area contributed by atoms with Crippen molar-refractivity contribution in [3.8, 4) is 0 Å². The Labute approximate surface area is 108 Å². The molecule has 0 aliphatic heterocycles. The standard InChI is InChI=1S/C12H24N2O4/c1-5-14(7-11(15)16)12(17)13-10(9(3)4)8-18-6-2/h9-10H,5-8H2,1-4H3,(H,13,17)(H,15,16). The predicted molar refractivity (Wildman–Crippen MR) is 68.5 cm³/mol. The fourth-order valence-electron chi connectivity index (χ4n) is 1.39. The van der Waals surface area contributed by atoms with Crippen LogP contribution in [0.25, 0.3) is 0 Å². The zero-order valence-corrected chi connectivity index (χ0v) is 11.6. The predicted octanol–water partition coefficient (Wildman–Crippen LogP) is 1.16. The maximum atomic E-state index is 11.9. The molecule has 0 bridgehead atoms. The molecule has 0 heterocycles. The number of nitrogens with one attached hydrogen (secondary N) is 1. The third kappa shape index (κ3) is 6.44. The van der Waals surface area contributed by atoms with Gasteiger partial charge in [-0.05, 0) is 19.8 Å². The van der Waals surface area contributed by atoms with Crippen molar-refractivity contribution in [2.75, 3.05) is 26.3 Å². The summed E-state index contributed by atoms with van der Waals surface area (Å²) in [6.45, 7) is 8.70. The van der Waals surface area contributed by atoms with Crippen molar-refractivity contribution in [3.63, 3.8) is 0 Å². The number of rotatable bonds is 8. The number of carbonyl (C=O) groups is 2. The molecule has 0 aromatic carbocycles. The van der Waals surface area contributed by atoms with Crippen LogP contribution in [0, 0.1) is 5.92 Å². The second kappa shape index (κ2) is 8.74. The number of aliphatic carboxylic acids is 1. The van der Waals surface area contributed by atoms with Gasteiger partial charge in [-0.25, -0.2) is 4.79 Å². The van der Waals surface area contributed by atoms with E-state index < -0.39 is 5.97 Å². The highest BCUT2D eigenvalue weighted by molar-refractivity contribution is 5.80. The second-order valence-corrected chi connectivity index (χ2v) is 4.37. The minimum absolute atomic E-state index is 0.111. The van der Waals surface area contributed by atoms with Crippen molar-refractivity contribution in [2.24, 2.45) is 5.92 Å². The van der Waals surface area contributed by atoms with E-state index in [1.165, 1.54) is 4.90 Å². The average Bonchev–Trinajstić information content (AvgIpc) is 2.30. The fourth-order valence-corrected chi connectivity index (χ4v) is 1.39. The molecule has 2 N–H and O–H groups in total. The first kappa shape index (κ1) is 16.7. The summed E-state index contributed by atoms with van der Waals surface area (Å²) in [6, 6.07) is -0.474. The Hall–Kier alpha value is -1.30. The van der Waals surface area contributed by atoms with E-state index in [-0.39, 0.29) is 24.5 Å². The summed E-state index contributed by atoms with van der Waals surface area (Å²) < 4.78 is 5.30. The summed E-state index contributed by atoms with van der Waals surface area (Å²) in [5.74, 6) is -0.790. The zero-order chi connectivity index (χ0) is 14.1. The summed E-state index contributed by atoms with van der Waals surface area (Å²) in [5, 5.41) is 11.5. The second-order valence-electron chi connectivity index (χ2n) is 4.37. The van der Waals surface area contributed by atoms with Crippen molar-refractivity contribution < 1.29 is 19.4 Å². The number of likely N-dealkylation sites (N-methyl/N-ethyl adjacent to an activating group) is 1. The molecule has 0 spiro atoms. The highest BCUT2D eigenvalue weighted by Crippen LogP contribution is 2.03. The van der Waals surface area contributed by atoms with Crippen molar-refractivity contribution >= 4 is 12.0 Å². The largest absolute Gasteiger partial charge is 0.480 e. The molecule has 2 amide bonds. The first-order valence-electron chi connectivity index (χ1n) is 6.27. The lowest BCUT2D eigenvalue weighted by molar-refractivity contribution is -0.137. The quantitative estimate of drug-likeness (QED) is 0.686. The van der Waals surface area contributed by atoms with Gasteiger partial charge in [0.05, 0.1) is 12.6 Å². The normalized spacial score (nSPS) is 12.3. The maximum Gasteiger partial charge on any atom is 0.323 e. The molecule has 0 aromatic rings. The van der Waals surface area contributed by atoms with Crippen molar-refractivity contribution in [3.05, 3.63) is 0 Å². The minimum Gasteiger partial charge on any atom is -0.480 e. The van der Waals surface area contributed by atoms with Crippen LogP contribution >= 0.6 is 0 Å². The SMILES string of the molecule is CCOCC(NC(=O)N(CC)CC(=O)O)C(C)C. The van der Waals surface area contributed by atoms with Crippen LogP contribution in [0.3, 0.4) is 0 Å². The highest BCUT2D eigenvalue weighted by Gasteiger charge is 2.20. The van der Waals surface area contributed by atoms with Crippen LogP contribution in [0.2, 0.25) is 0 Å². The molecule has 0 aromatic heterocycles. The van der Waals surface area contributed by atoms with Crippen LogP contribution in [0.1, 0.15) is 27.7 Å². The lowest BCUT2D eigenvalue weighted by Gasteiger charge is -2.26. The lowest BCUT2D eigenvalue weighted by Crippen LogP contribution is -2.49. The molecule has 0 aliphatic rings. The number of carboxylic acid groups (broad SMARTS) is 1. The van der Waals surface area contributed by atoms with Gasteiger partial charge in [0.15, 0.2) is 0 Å². The van der Waals surface area contributed by atoms with E-state index >= 15 is 0 Å². The number of amides is 2. The van der Waals surface area contributed by atoms with Gasteiger partial charge in [-0.1, -0.05) is 13.8 Å². The first-order chi connectivity index (χ1) is 8.42. The van der Waals surface area contributed by atoms with Crippen LogP contribution in [0.5, 0.6) is 0 Å². The van der Waals surface area contributed by atoms with Gasteiger partial charge in [0.1, 0.15) is 6.54 Å². The molecule has 0 radical (unpaired) electrons. The number of ether oxygens (including phenoxy) is 1. The van der Waals surface area contributed by atoms with Gasteiger partial charge in [-0.3, -0.25) is 4.79 Å². The molecule has 106 valence electrons. The maximum absolute atomic E-state index is 11.9. The monoisotopic (exact) mass is 260 g/mol. The Kier molecular flexibility index (Phi) is 8.11. The Morgan fingerprint density at radius 1 is 1.33 bits per heavy atom. The topological polar surface area (TPSA) is 78.9 Å².